The Morgan fingerprint density at radius 2 is 1.30 bits per heavy atom. The number of unbranched alkanes of at least 4 members (excludes halogenated alkanes) is 1. The summed E-state index contributed by atoms with van der Waals surface area (Å²) in [7, 11) is -0.386. The fourth-order valence-corrected chi connectivity index (χ4v) is 6.81. The van der Waals surface area contributed by atoms with Crippen LogP contribution in [0, 0.1) is 5.41 Å². The lowest BCUT2D eigenvalue weighted by molar-refractivity contribution is 0.256. The molecule has 1 nitrogen and oxygen atoms in total. The van der Waals surface area contributed by atoms with Gasteiger partial charge in [0.25, 0.3) is 0 Å². The Morgan fingerprint density at radius 3 is 1.67 bits per heavy atom. The molecule has 0 aliphatic carbocycles. The van der Waals surface area contributed by atoms with Crippen molar-refractivity contribution in [2.45, 2.75) is 125 Å². The Bertz CT molecular complexity index is 669. The van der Waals surface area contributed by atoms with Crippen molar-refractivity contribution in [3.05, 3.63) is 28.8 Å². The Kier molecular flexibility index (Phi) is 7.83. The maximum atomic E-state index is 7.00. The molecule has 0 bridgehead atoms. The van der Waals surface area contributed by atoms with Crippen LogP contribution in [0.2, 0.25) is 0 Å². The standard InChI is InChI=1S/C28H49OP/c1-12-13-14-28(11)15-17-30(18-16-28)29-24-22(26(5,6)7)19-21(25(2,3)4)20-23(24)27(8,9)10/h19-20H,12-18H2,1-11H3. The fourth-order valence-electron chi connectivity index (χ4n) is 4.37. The van der Waals surface area contributed by atoms with Crippen LogP contribution in [0.5, 0.6) is 5.75 Å². The van der Waals surface area contributed by atoms with Crippen molar-refractivity contribution in [3.8, 4) is 5.75 Å². The lowest BCUT2D eigenvalue weighted by Crippen LogP contribution is -2.26. The molecule has 1 aliphatic rings. The minimum absolute atomic E-state index is 0.0668. The normalized spacial score (nSPS) is 23.5. The van der Waals surface area contributed by atoms with Crippen LogP contribution in [0.3, 0.4) is 0 Å². The van der Waals surface area contributed by atoms with Crippen LogP contribution < -0.4 is 4.52 Å². The molecule has 0 spiro atoms. The first-order chi connectivity index (χ1) is 13.6. The van der Waals surface area contributed by atoms with Gasteiger partial charge in [-0.3, -0.25) is 0 Å². The van der Waals surface area contributed by atoms with E-state index in [1.807, 2.05) is 0 Å². The molecule has 0 amide bonds. The second-order valence-corrected chi connectivity index (χ2v) is 15.1. The summed E-state index contributed by atoms with van der Waals surface area (Å²) in [5.74, 6) is 1.20. The molecule has 0 atom stereocenters. The van der Waals surface area contributed by atoms with Crippen molar-refractivity contribution in [2.75, 3.05) is 12.3 Å². The summed E-state index contributed by atoms with van der Waals surface area (Å²) in [4.78, 5) is 0. The molecular formula is C28H49OP. The molecular weight excluding hydrogens is 383 g/mol. The van der Waals surface area contributed by atoms with E-state index < -0.39 is 0 Å². The molecule has 0 N–H and O–H groups in total. The molecule has 2 heteroatoms. The molecule has 0 radical (unpaired) electrons. The predicted octanol–water partition coefficient (Wildman–Crippen LogP) is 9.35. The lowest BCUT2D eigenvalue weighted by atomic mass is 9.75. The van der Waals surface area contributed by atoms with Crippen molar-refractivity contribution in [2.24, 2.45) is 5.41 Å². The van der Waals surface area contributed by atoms with Gasteiger partial charge in [0.1, 0.15) is 5.75 Å². The van der Waals surface area contributed by atoms with Gasteiger partial charge in [-0.15, -0.1) is 0 Å². The van der Waals surface area contributed by atoms with Crippen molar-refractivity contribution in [3.63, 3.8) is 0 Å². The van der Waals surface area contributed by atoms with Crippen LogP contribution in [-0.4, -0.2) is 12.3 Å². The van der Waals surface area contributed by atoms with Crippen molar-refractivity contribution in [1.29, 1.82) is 0 Å². The second kappa shape index (κ2) is 9.13. The third-order valence-corrected chi connectivity index (χ3v) is 8.74. The van der Waals surface area contributed by atoms with E-state index in [0.29, 0.717) is 5.41 Å². The van der Waals surface area contributed by atoms with Crippen LogP contribution in [0.15, 0.2) is 12.1 Å². The largest absolute Gasteiger partial charge is 0.473 e. The molecule has 0 saturated carbocycles. The van der Waals surface area contributed by atoms with Gasteiger partial charge in [-0.05, 0) is 46.5 Å². The number of benzene rings is 1. The molecule has 1 aliphatic heterocycles. The molecule has 1 heterocycles. The van der Waals surface area contributed by atoms with Crippen LogP contribution in [0.25, 0.3) is 0 Å². The minimum atomic E-state index is -0.386. The van der Waals surface area contributed by atoms with Gasteiger partial charge >= 0.3 is 0 Å². The van der Waals surface area contributed by atoms with Crippen LogP contribution in [-0.2, 0) is 16.2 Å². The Balaban J connectivity index is 2.42. The van der Waals surface area contributed by atoms with E-state index in [-0.39, 0.29) is 24.4 Å². The smallest absolute Gasteiger partial charge is 0.130 e. The van der Waals surface area contributed by atoms with E-state index in [0.717, 1.165) is 0 Å². The van der Waals surface area contributed by atoms with Crippen molar-refractivity contribution >= 4 is 8.15 Å². The van der Waals surface area contributed by atoms with E-state index in [1.54, 1.807) is 0 Å². The average molecular weight is 433 g/mol. The molecule has 172 valence electrons. The highest BCUT2D eigenvalue weighted by atomic mass is 31.1. The minimum Gasteiger partial charge on any atom is -0.473 e. The summed E-state index contributed by atoms with van der Waals surface area (Å²) < 4.78 is 7.00. The number of hydrogen-bond acceptors (Lipinski definition) is 1. The van der Waals surface area contributed by atoms with E-state index in [1.165, 1.54) is 66.9 Å². The van der Waals surface area contributed by atoms with E-state index >= 15 is 0 Å². The first-order valence-electron chi connectivity index (χ1n) is 12.2. The van der Waals surface area contributed by atoms with Gasteiger partial charge in [0, 0.05) is 23.5 Å². The quantitative estimate of drug-likeness (QED) is 0.421. The molecule has 30 heavy (non-hydrogen) atoms. The van der Waals surface area contributed by atoms with Gasteiger partial charge in [0.15, 0.2) is 0 Å². The Labute approximate surface area is 189 Å². The Morgan fingerprint density at radius 1 is 0.833 bits per heavy atom. The zero-order chi connectivity index (χ0) is 23.0. The van der Waals surface area contributed by atoms with Gasteiger partial charge in [-0.1, -0.05) is 101 Å². The Hall–Kier alpha value is -0.550. The van der Waals surface area contributed by atoms with E-state index in [4.69, 9.17) is 4.52 Å². The maximum Gasteiger partial charge on any atom is 0.130 e. The van der Waals surface area contributed by atoms with Crippen molar-refractivity contribution in [1.82, 2.24) is 0 Å². The van der Waals surface area contributed by atoms with Gasteiger partial charge in [0.05, 0.1) is 8.15 Å². The number of rotatable bonds is 5. The van der Waals surface area contributed by atoms with Crippen molar-refractivity contribution < 1.29 is 4.52 Å². The second-order valence-electron chi connectivity index (χ2n) is 13.1. The molecule has 1 aromatic carbocycles. The first-order valence-corrected chi connectivity index (χ1v) is 13.8. The SMILES string of the molecule is CCCCC1(C)CCP(Oc2c(C(C)(C)C)cc(C(C)(C)C)cc2C(C)(C)C)CC1. The van der Waals surface area contributed by atoms with Gasteiger partial charge < -0.3 is 4.52 Å². The average Bonchev–Trinajstić information content (AvgIpc) is 2.59. The third kappa shape index (κ3) is 6.48. The van der Waals surface area contributed by atoms with E-state index in [9.17, 15) is 0 Å². The molecule has 1 fully saturated rings. The van der Waals surface area contributed by atoms with Crippen LogP contribution >= 0.6 is 8.15 Å². The zero-order valence-electron chi connectivity index (χ0n) is 22.0. The van der Waals surface area contributed by atoms with Crippen LogP contribution in [0.1, 0.15) is 125 Å². The highest BCUT2D eigenvalue weighted by Gasteiger charge is 2.35. The highest BCUT2D eigenvalue weighted by molar-refractivity contribution is 7.53. The maximum absolute atomic E-state index is 7.00. The summed E-state index contributed by atoms with van der Waals surface area (Å²) in [6.45, 7) is 25.8. The number of hydrogen-bond donors (Lipinski definition) is 0. The predicted molar refractivity (Wildman–Crippen MR) is 137 cm³/mol. The molecule has 0 aromatic heterocycles. The lowest BCUT2D eigenvalue weighted by Gasteiger charge is -2.39. The summed E-state index contributed by atoms with van der Waals surface area (Å²) in [5, 5.41) is 0. The molecule has 1 saturated heterocycles. The van der Waals surface area contributed by atoms with Gasteiger partial charge in [-0.2, -0.15) is 0 Å². The third-order valence-electron chi connectivity index (χ3n) is 6.85. The summed E-state index contributed by atoms with van der Waals surface area (Å²) in [6, 6.07) is 4.88. The van der Waals surface area contributed by atoms with E-state index in [2.05, 4.69) is 88.3 Å². The van der Waals surface area contributed by atoms with Gasteiger partial charge in [-0.25, -0.2) is 0 Å². The molecule has 0 unspecified atom stereocenters. The topological polar surface area (TPSA) is 9.23 Å². The molecule has 2 rings (SSSR count). The highest BCUT2D eigenvalue weighted by Crippen LogP contribution is 2.54. The monoisotopic (exact) mass is 432 g/mol. The summed E-state index contributed by atoms with van der Waals surface area (Å²) >= 11 is 0. The fraction of sp³-hybridized carbons (Fsp3) is 0.786. The zero-order valence-corrected chi connectivity index (χ0v) is 22.9. The summed E-state index contributed by atoms with van der Waals surface area (Å²) in [5.41, 5.74) is 5.01. The molecule has 1 aromatic rings. The van der Waals surface area contributed by atoms with Gasteiger partial charge in [0.2, 0.25) is 0 Å². The van der Waals surface area contributed by atoms with Crippen LogP contribution in [0.4, 0.5) is 0 Å². The summed E-state index contributed by atoms with van der Waals surface area (Å²) in [6.07, 6.45) is 9.22. The first kappa shape index (κ1) is 25.7.